The Morgan fingerprint density at radius 3 is 2.25 bits per heavy atom. The van der Waals surface area contributed by atoms with Crippen LogP contribution in [-0.4, -0.2) is 10.2 Å². The first-order chi connectivity index (χ1) is 9.54. The monoisotopic (exact) mass is 323 g/mol. The molecule has 1 heterocycles. The number of fused-ring (bicyclic) bond motifs is 1. The summed E-state index contributed by atoms with van der Waals surface area (Å²) >= 11 is 17.4. The molecule has 0 atom stereocenters. The Bertz CT molecular complexity index is 767. The van der Waals surface area contributed by atoms with E-state index >= 15 is 0 Å². The molecule has 0 amide bonds. The number of H-pyrrole nitrogens is 1. The van der Waals surface area contributed by atoms with Gasteiger partial charge in [0.25, 0.3) is 5.24 Å². The maximum atomic E-state index is 11.0. The Morgan fingerprint density at radius 1 is 0.950 bits per heavy atom. The van der Waals surface area contributed by atoms with Crippen LogP contribution < -0.4 is 0 Å². The Labute approximate surface area is 130 Å². The van der Waals surface area contributed by atoms with Crippen molar-refractivity contribution in [3.63, 3.8) is 0 Å². The fourth-order valence-corrected chi connectivity index (χ4v) is 2.52. The van der Waals surface area contributed by atoms with Crippen molar-refractivity contribution in [2.75, 3.05) is 0 Å². The molecule has 0 aliphatic rings. The molecular formula is C15H8Cl3NO. The number of aromatic nitrogens is 1. The average molecular weight is 325 g/mol. The highest BCUT2D eigenvalue weighted by molar-refractivity contribution is 6.67. The van der Waals surface area contributed by atoms with Gasteiger partial charge in [-0.1, -0.05) is 35.3 Å². The SMILES string of the molecule is O=C(Cl)c1ccc(-c2cc3cc(Cl)c(Cl)cc3[nH]2)cc1. The third kappa shape index (κ3) is 2.42. The number of halogens is 3. The Balaban J connectivity index is 2.07. The second-order valence-corrected chi connectivity index (χ2v) is 5.55. The molecule has 2 aromatic carbocycles. The predicted octanol–water partition coefficient (Wildman–Crippen LogP) is 5.52. The first-order valence-corrected chi connectivity index (χ1v) is 6.96. The van der Waals surface area contributed by atoms with Gasteiger partial charge < -0.3 is 4.98 Å². The fourth-order valence-electron chi connectivity index (χ4n) is 2.06. The van der Waals surface area contributed by atoms with Gasteiger partial charge in [0.2, 0.25) is 0 Å². The molecule has 0 fully saturated rings. The molecule has 0 spiro atoms. The lowest BCUT2D eigenvalue weighted by molar-refractivity contribution is 0.108. The van der Waals surface area contributed by atoms with E-state index in [1.807, 2.05) is 24.3 Å². The molecule has 3 rings (SSSR count). The van der Waals surface area contributed by atoms with Crippen LogP contribution in [0.1, 0.15) is 10.4 Å². The molecule has 1 aromatic heterocycles. The lowest BCUT2D eigenvalue weighted by Gasteiger charge is -1.98. The topological polar surface area (TPSA) is 32.9 Å². The summed E-state index contributed by atoms with van der Waals surface area (Å²) in [6, 6.07) is 12.6. The molecule has 3 aromatic rings. The molecule has 100 valence electrons. The van der Waals surface area contributed by atoms with Gasteiger partial charge in [0.15, 0.2) is 0 Å². The molecule has 1 N–H and O–H groups in total. The standard InChI is InChI=1S/C15H8Cl3NO/c16-11-5-10-6-13(19-14(10)7-12(11)17)8-1-3-9(4-2-8)15(18)20/h1-7,19H. The number of benzene rings is 2. The second kappa shape index (κ2) is 5.13. The molecular weight excluding hydrogens is 317 g/mol. The highest BCUT2D eigenvalue weighted by Crippen LogP contribution is 2.31. The minimum Gasteiger partial charge on any atom is -0.354 e. The number of aromatic amines is 1. The van der Waals surface area contributed by atoms with Gasteiger partial charge in [-0.15, -0.1) is 0 Å². The summed E-state index contributed by atoms with van der Waals surface area (Å²) < 4.78 is 0. The van der Waals surface area contributed by atoms with Crippen molar-refractivity contribution in [2.24, 2.45) is 0 Å². The highest BCUT2D eigenvalue weighted by atomic mass is 35.5. The minimum atomic E-state index is -0.466. The van der Waals surface area contributed by atoms with Crippen LogP contribution in [0.4, 0.5) is 0 Å². The lowest BCUT2D eigenvalue weighted by Crippen LogP contribution is -1.87. The first kappa shape index (κ1) is 13.5. The van der Waals surface area contributed by atoms with Gasteiger partial charge in [0.1, 0.15) is 0 Å². The van der Waals surface area contributed by atoms with Crippen LogP contribution >= 0.6 is 34.8 Å². The summed E-state index contributed by atoms with van der Waals surface area (Å²) in [6.07, 6.45) is 0. The summed E-state index contributed by atoms with van der Waals surface area (Å²) in [5.41, 5.74) is 3.26. The van der Waals surface area contributed by atoms with Crippen LogP contribution in [0.5, 0.6) is 0 Å². The number of carbonyl (C=O) groups is 1. The summed E-state index contributed by atoms with van der Waals surface area (Å²) in [7, 11) is 0. The third-order valence-corrected chi connectivity index (χ3v) is 4.02. The minimum absolute atomic E-state index is 0.466. The van der Waals surface area contributed by atoms with Crippen molar-refractivity contribution in [1.29, 1.82) is 0 Å². The molecule has 0 unspecified atom stereocenters. The van der Waals surface area contributed by atoms with E-state index in [1.54, 1.807) is 18.2 Å². The Hall–Kier alpha value is -1.48. The van der Waals surface area contributed by atoms with Crippen LogP contribution in [0.25, 0.3) is 22.2 Å². The van der Waals surface area contributed by atoms with E-state index in [1.165, 1.54) is 0 Å². The van der Waals surface area contributed by atoms with E-state index in [0.717, 1.165) is 22.2 Å². The van der Waals surface area contributed by atoms with Gasteiger partial charge in [0.05, 0.1) is 10.0 Å². The number of hydrogen-bond acceptors (Lipinski definition) is 1. The van der Waals surface area contributed by atoms with Crippen molar-refractivity contribution in [3.05, 3.63) is 58.1 Å². The van der Waals surface area contributed by atoms with E-state index < -0.39 is 5.24 Å². The largest absolute Gasteiger partial charge is 0.354 e. The molecule has 0 radical (unpaired) electrons. The third-order valence-electron chi connectivity index (χ3n) is 3.08. The maximum absolute atomic E-state index is 11.0. The van der Waals surface area contributed by atoms with E-state index in [9.17, 15) is 4.79 Å². The second-order valence-electron chi connectivity index (χ2n) is 4.39. The number of nitrogens with one attached hydrogen (secondary N) is 1. The molecule has 2 nitrogen and oxygen atoms in total. The first-order valence-electron chi connectivity index (χ1n) is 5.82. The molecule has 0 saturated carbocycles. The number of rotatable bonds is 2. The van der Waals surface area contributed by atoms with E-state index in [4.69, 9.17) is 34.8 Å². The van der Waals surface area contributed by atoms with Crippen molar-refractivity contribution in [2.45, 2.75) is 0 Å². The highest BCUT2D eigenvalue weighted by Gasteiger charge is 2.07. The zero-order chi connectivity index (χ0) is 14.3. The zero-order valence-electron chi connectivity index (χ0n) is 10.1. The summed E-state index contributed by atoms with van der Waals surface area (Å²) in [6.45, 7) is 0. The van der Waals surface area contributed by atoms with Gasteiger partial charge in [-0.2, -0.15) is 0 Å². The molecule has 20 heavy (non-hydrogen) atoms. The fraction of sp³-hybridized carbons (Fsp3) is 0. The Morgan fingerprint density at radius 2 is 1.60 bits per heavy atom. The van der Waals surface area contributed by atoms with Crippen LogP contribution in [0.3, 0.4) is 0 Å². The van der Waals surface area contributed by atoms with Crippen LogP contribution in [-0.2, 0) is 0 Å². The van der Waals surface area contributed by atoms with Crippen molar-refractivity contribution in [1.82, 2.24) is 4.98 Å². The summed E-state index contributed by atoms with van der Waals surface area (Å²) in [5.74, 6) is 0. The number of hydrogen-bond donors (Lipinski definition) is 1. The van der Waals surface area contributed by atoms with Crippen LogP contribution in [0.15, 0.2) is 42.5 Å². The van der Waals surface area contributed by atoms with Gasteiger partial charge in [-0.25, -0.2) is 0 Å². The molecule has 0 saturated heterocycles. The summed E-state index contributed by atoms with van der Waals surface area (Å²) in [5, 5.41) is 1.54. The van der Waals surface area contributed by atoms with Gasteiger partial charge in [-0.3, -0.25) is 4.79 Å². The smallest absolute Gasteiger partial charge is 0.252 e. The zero-order valence-corrected chi connectivity index (χ0v) is 12.4. The van der Waals surface area contributed by atoms with Crippen molar-refractivity contribution in [3.8, 4) is 11.3 Å². The van der Waals surface area contributed by atoms with Gasteiger partial charge in [0, 0.05) is 22.2 Å². The molecule has 0 aliphatic heterocycles. The van der Waals surface area contributed by atoms with Gasteiger partial charge in [-0.05, 0) is 47.5 Å². The summed E-state index contributed by atoms with van der Waals surface area (Å²) in [4.78, 5) is 14.3. The quantitative estimate of drug-likeness (QED) is 0.618. The Kier molecular flexibility index (Phi) is 3.47. The molecule has 5 heteroatoms. The number of carbonyl (C=O) groups excluding carboxylic acids is 1. The van der Waals surface area contributed by atoms with Crippen LogP contribution in [0.2, 0.25) is 10.0 Å². The molecule has 0 aliphatic carbocycles. The van der Waals surface area contributed by atoms with Gasteiger partial charge >= 0.3 is 0 Å². The lowest BCUT2D eigenvalue weighted by atomic mass is 10.1. The normalized spacial score (nSPS) is 10.9. The van der Waals surface area contributed by atoms with Crippen LogP contribution in [0, 0.1) is 0 Å². The van der Waals surface area contributed by atoms with E-state index in [-0.39, 0.29) is 0 Å². The predicted molar refractivity (Wildman–Crippen MR) is 83.9 cm³/mol. The van der Waals surface area contributed by atoms with Crippen molar-refractivity contribution >= 4 is 50.9 Å². The van der Waals surface area contributed by atoms with E-state index in [2.05, 4.69) is 4.98 Å². The van der Waals surface area contributed by atoms with E-state index in [0.29, 0.717) is 15.6 Å². The average Bonchev–Trinajstić information content (AvgIpc) is 2.82. The van der Waals surface area contributed by atoms with Crippen molar-refractivity contribution < 1.29 is 4.79 Å². The molecule has 0 bridgehead atoms. The maximum Gasteiger partial charge on any atom is 0.252 e.